The third kappa shape index (κ3) is 4.84. The average Bonchev–Trinajstić information content (AvgIpc) is 3.11. The molecule has 25 heavy (non-hydrogen) atoms. The van der Waals surface area contributed by atoms with E-state index in [0.717, 1.165) is 11.1 Å². The second-order valence-electron chi connectivity index (χ2n) is 5.32. The number of fused-ring (bicyclic) bond motifs is 1. The van der Waals surface area contributed by atoms with Crippen LogP contribution in [0.5, 0.6) is 11.5 Å². The standard InChI is InChI=1S/C19H17NO5/c21-18(20-11-15-4-2-1-3-5-15)12-23-19(22)9-7-14-6-8-16-17(10-14)25-13-24-16/h1-10H,11-13H2,(H,20,21). The van der Waals surface area contributed by atoms with Crippen molar-refractivity contribution in [2.75, 3.05) is 13.4 Å². The number of amides is 1. The van der Waals surface area contributed by atoms with E-state index in [1.165, 1.54) is 6.08 Å². The summed E-state index contributed by atoms with van der Waals surface area (Å²) in [5.41, 5.74) is 1.75. The summed E-state index contributed by atoms with van der Waals surface area (Å²) in [5, 5.41) is 2.69. The first-order chi connectivity index (χ1) is 12.2. The first kappa shape index (κ1) is 16.6. The van der Waals surface area contributed by atoms with Gasteiger partial charge in [-0.3, -0.25) is 4.79 Å². The van der Waals surface area contributed by atoms with E-state index < -0.39 is 5.97 Å². The Kier molecular flexibility index (Phi) is 5.31. The van der Waals surface area contributed by atoms with E-state index in [-0.39, 0.29) is 19.3 Å². The quantitative estimate of drug-likeness (QED) is 0.646. The van der Waals surface area contributed by atoms with Crippen LogP contribution in [0.1, 0.15) is 11.1 Å². The zero-order chi connectivity index (χ0) is 17.5. The SMILES string of the molecule is O=C(COC(=O)C=Cc1ccc2c(c1)OCO2)NCc1ccccc1. The van der Waals surface area contributed by atoms with E-state index in [1.54, 1.807) is 24.3 Å². The summed E-state index contributed by atoms with van der Waals surface area (Å²) >= 11 is 0. The predicted octanol–water partition coefficient (Wildman–Crippen LogP) is 2.29. The number of ether oxygens (including phenoxy) is 3. The highest BCUT2D eigenvalue weighted by Crippen LogP contribution is 2.32. The van der Waals surface area contributed by atoms with Gasteiger partial charge in [-0.25, -0.2) is 4.79 Å². The molecule has 6 heteroatoms. The molecule has 1 aliphatic rings. The molecule has 0 spiro atoms. The van der Waals surface area contributed by atoms with Gasteiger partial charge in [0.05, 0.1) is 0 Å². The van der Waals surface area contributed by atoms with Crippen LogP contribution in [0.15, 0.2) is 54.6 Å². The second-order valence-corrected chi connectivity index (χ2v) is 5.32. The monoisotopic (exact) mass is 339 g/mol. The Hall–Kier alpha value is -3.28. The Morgan fingerprint density at radius 3 is 2.72 bits per heavy atom. The third-order valence-electron chi connectivity index (χ3n) is 3.49. The molecule has 2 aromatic carbocycles. The predicted molar refractivity (Wildman–Crippen MR) is 90.8 cm³/mol. The number of esters is 1. The Labute approximate surface area is 145 Å². The molecule has 0 bridgehead atoms. The number of rotatable bonds is 6. The molecule has 1 heterocycles. The van der Waals surface area contributed by atoms with E-state index in [2.05, 4.69) is 5.32 Å². The van der Waals surface area contributed by atoms with Gasteiger partial charge in [-0.15, -0.1) is 0 Å². The normalized spacial score (nSPS) is 12.2. The summed E-state index contributed by atoms with van der Waals surface area (Å²) < 4.78 is 15.4. The van der Waals surface area contributed by atoms with Gasteiger partial charge in [-0.2, -0.15) is 0 Å². The Morgan fingerprint density at radius 1 is 1.08 bits per heavy atom. The number of hydrogen-bond donors (Lipinski definition) is 1. The smallest absolute Gasteiger partial charge is 0.331 e. The van der Waals surface area contributed by atoms with Crippen molar-refractivity contribution in [2.45, 2.75) is 6.54 Å². The van der Waals surface area contributed by atoms with Crippen LogP contribution in [0.4, 0.5) is 0 Å². The van der Waals surface area contributed by atoms with Crippen molar-refractivity contribution in [1.29, 1.82) is 0 Å². The zero-order valence-electron chi connectivity index (χ0n) is 13.4. The molecule has 0 saturated carbocycles. The fourth-order valence-corrected chi connectivity index (χ4v) is 2.21. The van der Waals surface area contributed by atoms with Crippen molar-refractivity contribution in [2.24, 2.45) is 0 Å². The number of carbonyl (C=O) groups is 2. The molecule has 0 aromatic heterocycles. The van der Waals surface area contributed by atoms with Crippen molar-refractivity contribution in [3.05, 3.63) is 65.7 Å². The van der Waals surface area contributed by atoms with Gasteiger partial charge in [0.1, 0.15) is 0 Å². The molecule has 0 fully saturated rings. The average molecular weight is 339 g/mol. The molecule has 3 rings (SSSR count). The van der Waals surface area contributed by atoms with E-state index in [9.17, 15) is 9.59 Å². The summed E-state index contributed by atoms with van der Waals surface area (Å²) in [6.45, 7) is 0.268. The van der Waals surface area contributed by atoms with Crippen molar-refractivity contribution in [3.8, 4) is 11.5 Å². The minimum absolute atomic E-state index is 0.197. The Morgan fingerprint density at radius 2 is 1.88 bits per heavy atom. The maximum atomic E-state index is 11.7. The Balaban J connectivity index is 1.42. The van der Waals surface area contributed by atoms with Gasteiger partial charge in [-0.1, -0.05) is 36.4 Å². The fraction of sp³-hybridized carbons (Fsp3) is 0.158. The first-order valence-electron chi connectivity index (χ1n) is 7.76. The van der Waals surface area contributed by atoms with Gasteiger partial charge in [0.25, 0.3) is 5.91 Å². The van der Waals surface area contributed by atoms with E-state index in [4.69, 9.17) is 14.2 Å². The molecule has 1 amide bonds. The summed E-state index contributed by atoms with van der Waals surface area (Å²) in [6.07, 6.45) is 2.86. The number of benzene rings is 2. The molecule has 0 aliphatic carbocycles. The zero-order valence-corrected chi connectivity index (χ0v) is 13.4. The molecule has 2 aromatic rings. The van der Waals surface area contributed by atoms with E-state index >= 15 is 0 Å². The summed E-state index contributed by atoms with van der Waals surface area (Å²) in [5.74, 6) is 0.367. The lowest BCUT2D eigenvalue weighted by molar-refractivity contribution is -0.143. The van der Waals surface area contributed by atoms with Crippen molar-refractivity contribution in [3.63, 3.8) is 0 Å². The lowest BCUT2D eigenvalue weighted by Crippen LogP contribution is -2.28. The number of carbonyl (C=O) groups excluding carboxylic acids is 2. The van der Waals surface area contributed by atoms with Gasteiger partial charge in [0.15, 0.2) is 18.1 Å². The molecule has 0 unspecified atom stereocenters. The molecule has 1 aliphatic heterocycles. The summed E-state index contributed by atoms with van der Waals surface area (Å²) in [7, 11) is 0. The van der Waals surface area contributed by atoms with Gasteiger partial charge in [0, 0.05) is 12.6 Å². The first-order valence-corrected chi connectivity index (χ1v) is 7.76. The minimum Gasteiger partial charge on any atom is -0.454 e. The summed E-state index contributed by atoms with van der Waals surface area (Å²) in [4.78, 5) is 23.4. The lowest BCUT2D eigenvalue weighted by atomic mass is 10.2. The second kappa shape index (κ2) is 8.01. The van der Waals surface area contributed by atoms with Gasteiger partial charge in [0.2, 0.25) is 6.79 Å². The lowest BCUT2D eigenvalue weighted by Gasteiger charge is -2.05. The van der Waals surface area contributed by atoms with E-state index in [1.807, 2.05) is 30.3 Å². The molecule has 0 atom stereocenters. The fourth-order valence-electron chi connectivity index (χ4n) is 2.21. The van der Waals surface area contributed by atoms with Crippen LogP contribution in [-0.4, -0.2) is 25.3 Å². The van der Waals surface area contributed by atoms with Gasteiger partial charge >= 0.3 is 5.97 Å². The van der Waals surface area contributed by atoms with Crippen LogP contribution in [0.25, 0.3) is 6.08 Å². The van der Waals surface area contributed by atoms with Crippen LogP contribution in [0, 0.1) is 0 Å². The van der Waals surface area contributed by atoms with Crippen LogP contribution >= 0.6 is 0 Å². The maximum absolute atomic E-state index is 11.7. The number of hydrogen-bond acceptors (Lipinski definition) is 5. The van der Waals surface area contributed by atoms with Gasteiger partial charge < -0.3 is 19.5 Å². The molecule has 6 nitrogen and oxygen atoms in total. The molecular weight excluding hydrogens is 322 g/mol. The topological polar surface area (TPSA) is 73.9 Å². The van der Waals surface area contributed by atoms with Crippen molar-refractivity contribution in [1.82, 2.24) is 5.32 Å². The molecule has 0 radical (unpaired) electrons. The third-order valence-corrected chi connectivity index (χ3v) is 3.49. The van der Waals surface area contributed by atoms with Crippen LogP contribution in [-0.2, 0) is 20.9 Å². The molecule has 128 valence electrons. The molecule has 1 N–H and O–H groups in total. The van der Waals surface area contributed by atoms with Crippen molar-refractivity contribution >= 4 is 18.0 Å². The maximum Gasteiger partial charge on any atom is 0.331 e. The molecular formula is C19H17NO5. The highest BCUT2D eigenvalue weighted by atomic mass is 16.7. The number of nitrogens with one attached hydrogen (secondary N) is 1. The van der Waals surface area contributed by atoms with Gasteiger partial charge in [-0.05, 0) is 29.3 Å². The summed E-state index contributed by atoms with van der Waals surface area (Å²) in [6, 6.07) is 14.8. The van der Waals surface area contributed by atoms with Crippen LogP contribution < -0.4 is 14.8 Å². The van der Waals surface area contributed by atoms with Crippen molar-refractivity contribution < 1.29 is 23.8 Å². The Bertz CT molecular complexity index is 786. The molecule has 0 saturated heterocycles. The van der Waals surface area contributed by atoms with E-state index in [0.29, 0.717) is 18.0 Å². The highest BCUT2D eigenvalue weighted by Gasteiger charge is 2.12. The van der Waals surface area contributed by atoms with Crippen LogP contribution in [0.3, 0.4) is 0 Å². The largest absolute Gasteiger partial charge is 0.454 e. The highest BCUT2D eigenvalue weighted by molar-refractivity contribution is 5.89. The minimum atomic E-state index is -0.590. The van der Waals surface area contributed by atoms with Crippen LogP contribution in [0.2, 0.25) is 0 Å².